The van der Waals surface area contributed by atoms with E-state index in [0.717, 1.165) is 22.0 Å². The average Bonchev–Trinajstić information content (AvgIpc) is 3.18. The van der Waals surface area contributed by atoms with Crippen molar-refractivity contribution < 1.29 is 13.2 Å². The summed E-state index contributed by atoms with van der Waals surface area (Å²) in [4.78, 5) is 7.84. The Morgan fingerprint density at radius 3 is 2.72 bits per heavy atom. The van der Waals surface area contributed by atoms with Crippen LogP contribution in [0.25, 0.3) is 22.1 Å². The van der Waals surface area contributed by atoms with E-state index in [-0.39, 0.29) is 11.9 Å². The van der Waals surface area contributed by atoms with Gasteiger partial charge >= 0.3 is 0 Å². The van der Waals surface area contributed by atoms with Crippen LogP contribution in [0.4, 0.5) is 25.8 Å². The Morgan fingerprint density at radius 1 is 1.17 bits per heavy atom. The fraction of sp³-hybridized carbons (Fsp3) is 0.182. The van der Waals surface area contributed by atoms with Crippen molar-refractivity contribution in [1.82, 2.24) is 4.98 Å². The minimum absolute atomic E-state index is 0.195. The number of hydrogen-bond donors (Lipinski definition) is 0. The first-order chi connectivity index (χ1) is 13.9. The fourth-order valence-electron chi connectivity index (χ4n) is 4.14. The minimum Gasteiger partial charge on any atom is -0.435 e. The Labute approximate surface area is 165 Å². The fourth-order valence-corrected chi connectivity index (χ4v) is 4.14. The van der Waals surface area contributed by atoms with Gasteiger partial charge in [0.05, 0.1) is 11.4 Å². The second-order valence-electron chi connectivity index (χ2n) is 7.21. The molecule has 1 atom stereocenters. The zero-order chi connectivity index (χ0) is 20.4. The molecule has 4 aromatic rings. The van der Waals surface area contributed by atoms with Crippen molar-refractivity contribution in [2.75, 3.05) is 16.8 Å². The summed E-state index contributed by atoms with van der Waals surface area (Å²) in [5.74, 6) is -1.73. The van der Waals surface area contributed by atoms with Crippen molar-refractivity contribution in [2.45, 2.75) is 20.0 Å². The molecule has 2 aromatic carbocycles. The van der Waals surface area contributed by atoms with Gasteiger partial charge in [0, 0.05) is 30.1 Å². The summed E-state index contributed by atoms with van der Waals surface area (Å²) in [5, 5.41) is 10.9. The molecular formula is C22H16F2N4O. The largest absolute Gasteiger partial charge is 0.435 e. The second kappa shape index (κ2) is 5.92. The molecule has 1 aliphatic heterocycles. The van der Waals surface area contributed by atoms with Crippen LogP contribution in [-0.2, 0) is 0 Å². The van der Waals surface area contributed by atoms with Crippen LogP contribution < -0.4 is 9.80 Å². The highest BCUT2D eigenvalue weighted by molar-refractivity contribution is 6.10. The summed E-state index contributed by atoms with van der Waals surface area (Å²) in [6.07, 6.45) is 1.34. The van der Waals surface area contributed by atoms with E-state index in [4.69, 9.17) is 9.68 Å². The van der Waals surface area contributed by atoms with Crippen LogP contribution in [-0.4, -0.2) is 18.2 Å². The number of pyridine rings is 1. The second-order valence-corrected chi connectivity index (χ2v) is 7.21. The Morgan fingerprint density at radius 2 is 1.97 bits per heavy atom. The quantitative estimate of drug-likeness (QED) is 0.437. The van der Waals surface area contributed by atoms with Crippen LogP contribution in [0.5, 0.6) is 0 Å². The highest BCUT2D eigenvalue weighted by Gasteiger charge is 2.38. The van der Waals surface area contributed by atoms with Crippen LogP contribution in [0.15, 0.2) is 40.9 Å². The topological polar surface area (TPSA) is 56.3 Å². The Kier molecular flexibility index (Phi) is 3.56. The lowest BCUT2D eigenvalue weighted by Crippen LogP contribution is -2.36. The molecule has 29 heavy (non-hydrogen) atoms. The van der Waals surface area contributed by atoms with Crippen LogP contribution in [0.1, 0.15) is 18.1 Å². The smallest absolute Gasteiger partial charge is 0.227 e. The third-order valence-corrected chi connectivity index (χ3v) is 5.66. The first kappa shape index (κ1) is 17.4. The van der Waals surface area contributed by atoms with Gasteiger partial charge in [0.15, 0.2) is 11.4 Å². The van der Waals surface area contributed by atoms with E-state index < -0.39 is 17.2 Å². The Bertz CT molecular complexity index is 1350. The first-order valence-electron chi connectivity index (χ1n) is 9.15. The predicted molar refractivity (Wildman–Crippen MR) is 107 cm³/mol. The van der Waals surface area contributed by atoms with Crippen molar-refractivity contribution in [3.63, 3.8) is 0 Å². The lowest BCUT2D eigenvalue weighted by molar-refractivity contribution is 0.577. The molecule has 1 aliphatic rings. The van der Waals surface area contributed by atoms with Crippen molar-refractivity contribution in [1.29, 1.82) is 5.26 Å². The number of benzene rings is 2. The van der Waals surface area contributed by atoms with Gasteiger partial charge < -0.3 is 14.2 Å². The summed E-state index contributed by atoms with van der Waals surface area (Å²) in [7, 11) is 1.72. The van der Waals surface area contributed by atoms with E-state index in [1.165, 1.54) is 6.07 Å². The van der Waals surface area contributed by atoms with Crippen molar-refractivity contribution in [2.24, 2.45) is 0 Å². The number of nitrogens with zero attached hydrogens (tertiary/aromatic N) is 4. The van der Waals surface area contributed by atoms with E-state index >= 15 is 0 Å². The SMILES string of the molecule is Cc1ccc2c(oc3ncccc32)c1N1c2cc(F)c(C#N)c(F)c2N(C)C1C. The maximum absolute atomic E-state index is 15.0. The van der Waals surface area contributed by atoms with Crippen molar-refractivity contribution in [3.8, 4) is 6.07 Å². The number of aryl methyl sites for hydroxylation is 1. The Balaban J connectivity index is 1.85. The van der Waals surface area contributed by atoms with Crippen LogP contribution in [0, 0.1) is 29.9 Å². The van der Waals surface area contributed by atoms with Crippen LogP contribution in [0.3, 0.4) is 0 Å². The molecule has 0 amide bonds. The summed E-state index contributed by atoms with van der Waals surface area (Å²) in [6.45, 7) is 3.82. The highest BCUT2D eigenvalue weighted by atomic mass is 19.1. The predicted octanol–water partition coefficient (Wildman–Crippen LogP) is 5.37. The van der Waals surface area contributed by atoms with Gasteiger partial charge in [-0.15, -0.1) is 0 Å². The molecule has 5 nitrogen and oxygen atoms in total. The molecular weight excluding hydrogens is 374 g/mol. The lowest BCUT2D eigenvalue weighted by atomic mass is 10.1. The zero-order valence-electron chi connectivity index (χ0n) is 16.0. The van der Waals surface area contributed by atoms with Gasteiger partial charge in [-0.05, 0) is 31.5 Å². The molecule has 144 valence electrons. The molecule has 0 radical (unpaired) electrons. The summed E-state index contributed by atoms with van der Waals surface area (Å²) >= 11 is 0. The van der Waals surface area contributed by atoms with Gasteiger partial charge in [0.1, 0.15) is 29.3 Å². The van der Waals surface area contributed by atoms with Gasteiger partial charge in [0.2, 0.25) is 5.71 Å². The van der Waals surface area contributed by atoms with Gasteiger partial charge in [-0.2, -0.15) is 5.26 Å². The number of anilines is 3. The first-order valence-corrected chi connectivity index (χ1v) is 9.15. The van der Waals surface area contributed by atoms with Gasteiger partial charge in [-0.1, -0.05) is 12.1 Å². The number of hydrogen-bond acceptors (Lipinski definition) is 5. The monoisotopic (exact) mass is 390 g/mol. The molecule has 3 heterocycles. The molecule has 0 saturated carbocycles. The molecule has 0 aliphatic carbocycles. The number of fused-ring (bicyclic) bond motifs is 4. The third kappa shape index (κ3) is 2.20. The molecule has 7 heteroatoms. The van der Waals surface area contributed by atoms with Crippen molar-refractivity contribution in [3.05, 3.63) is 59.3 Å². The molecule has 0 spiro atoms. The molecule has 0 bridgehead atoms. The van der Waals surface area contributed by atoms with Crippen LogP contribution >= 0.6 is 0 Å². The van der Waals surface area contributed by atoms with E-state index in [1.807, 2.05) is 43.0 Å². The molecule has 0 fully saturated rings. The van der Waals surface area contributed by atoms with E-state index in [9.17, 15) is 8.78 Å². The summed E-state index contributed by atoms with van der Waals surface area (Å²) in [6, 6.07) is 10.5. The molecule has 5 rings (SSSR count). The summed E-state index contributed by atoms with van der Waals surface area (Å²) < 4.78 is 35.5. The number of halogens is 2. The molecule has 0 saturated heterocycles. The Hall–Kier alpha value is -3.66. The lowest BCUT2D eigenvalue weighted by Gasteiger charge is -2.28. The standard InChI is InChI=1S/C22H16F2N4O/c1-11-6-7-13-14-5-4-8-26-22(14)29-21(13)19(11)28-12(2)27(3)20-17(28)9-16(23)15(10-25)18(20)24/h4-9,12H,1-3H3. The number of aromatic nitrogens is 1. The van der Waals surface area contributed by atoms with Crippen LogP contribution in [0.2, 0.25) is 0 Å². The third-order valence-electron chi connectivity index (χ3n) is 5.66. The molecule has 0 N–H and O–H groups in total. The minimum atomic E-state index is -0.882. The van der Waals surface area contributed by atoms with Gasteiger partial charge in [0.25, 0.3) is 0 Å². The van der Waals surface area contributed by atoms with E-state index in [1.54, 1.807) is 24.2 Å². The highest BCUT2D eigenvalue weighted by Crippen LogP contribution is 2.49. The number of rotatable bonds is 1. The summed E-state index contributed by atoms with van der Waals surface area (Å²) in [5.41, 5.74) is 2.72. The average molecular weight is 390 g/mol. The van der Waals surface area contributed by atoms with Crippen molar-refractivity contribution >= 4 is 39.1 Å². The molecule has 1 unspecified atom stereocenters. The maximum atomic E-state index is 15.0. The van der Waals surface area contributed by atoms with E-state index in [0.29, 0.717) is 17.0 Å². The molecule has 2 aromatic heterocycles. The maximum Gasteiger partial charge on any atom is 0.227 e. The van der Waals surface area contributed by atoms with E-state index in [2.05, 4.69) is 4.98 Å². The number of furan rings is 1. The zero-order valence-corrected chi connectivity index (χ0v) is 16.0. The normalized spacial score (nSPS) is 15.9. The van der Waals surface area contributed by atoms with Gasteiger partial charge in [-0.3, -0.25) is 0 Å². The number of nitriles is 1. The van der Waals surface area contributed by atoms with Gasteiger partial charge in [-0.25, -0.2) is 13.8 Å².